The van der Waals surface area contributed by atoms with Crippen molar-refractivity contribution in [1.82, 2.24) is 10.2 Å². The lowest BCUT2D eigenvalue weighted by Crippen LogP contribution is -2.54. The molecule has 0 amide bonds. The minimum atomic E-state index is -0.170. The van der Waals surface area contributed by atoms with Crippen molar-refractivity contribution in [3.05, 3.63) is 35.6 Å². The Morgan fingerprint density at radius 3 is 2.90 bits per heavy atom. The Morgan fingerprint density at radius 2 is 2.24 bits per heavy atom. The topological polar surface area (TPSA) is 24.5 Å². The molecular formula is C17H27FN2O. The molecular weight excluding hydrogens is 267 g/mol. The Balaban J connectivity index is 2.03. The van der Waals surface area contributed by atoms with Crippen LogP contribution in [-0.4, -0.2) is 49.3 Å². The van der Waals surface area contributed by atoms with Gasteiger partial charge in [0.15, 0.2) is 0 Å². The van der Waals surface area contributed by atoms with Crippen molar-refractivity contribution in [1.29, 1.82) is 0 Å². The maximum absolute atomic E-state index is 13.4. The number of rotatable bonds is 6. The molecule has 0 aliphatic carbocycles. The van der Waals surface area contributed by atoms with E-state index in [0.717, 1.165) is 38.2 Å². The number of nitrogens with zero attached hydrogens (tertiary/aromatic N) is 1. The van der Waals surface area contributed by atoms with Crippen molar-refractivity contribution in [2.75, 3.05) is 26.2 Å². The van der Waals surface area contributed by atoms with Crippen LogP contribution in [0.15, 0.2) is 24.3 Å². The van der Waals surface area contributed by atoms with E-state index < -0.39 is 0 Å². The first kappa shape index (κ1) is 16.4. The lowest BCUT2D eigenvalue weighted by Gasteiger charge is -2.39. The second-order valence-corrected chi connectivity index (χ2v) is 6.00. The van der Waals surface area contributed by atoms with Crippen LogP contribution in [0.3, 0.4) is 0 Å². The van der Waals surface area contributed by atoms with E-state index in [0.29, 0.717) is 6.04 Å². The molecule has 2 rings (SSSR count). The Bertz CT molecular complexity index is 439. The molecule has 1 saturated heterocycles. The quantitative estimate of drug-likeness (QED) is 0.872. The fourth-order valence-corrected chi connectivity index (χ4v) is 2.92. The van der Waals surface area contributed by atoms with Crippen LogP contribution in [0.2, 0.25) is 0 Å². The highest BCUT2D eigenvalue weighted by atomic mass is 19.1. The van der Waals surface area contributed by atoms with Crippen LogP contribution in [0, 0.1) is 5.82 Å². The highest BCUT2D eigenvalue weighted by molar-refractivity contribution is 5.18. The number of morpholine rings is 1. The van der Waals surface area contributed by atoms with Gasteiger partial charge >= 0.3 is 0 Å². The van der Waals surface area contributed by atoms with Crippen LogP contribution in [0.5, 0.6) is 0 Å². The van der Waals surface area contributed by atoms with E-state index in [1.807, 2.05) is 6.07 Å². The molecule has 1 aromatic carbocycles. The molecule has 1 N–H and O–H groups in total. The number of benzene rings is 1. The molecule has 1 aliphatic rings. The minimum Gasteiger partial charge on any atom is -0.374 e. The van der Waals surface area contributed by atoms with Crippen molar-refractivity contribution in [2.45, 2.75) is 45.4 Å². The fourth-order valence-electron chi connectivity index (χ4n) is 2.92. The molecule has 1 aliphatic heterocycles. The Kier molecular flexibility index (Phi) is 6.15. The summed E-state index contributed by atoms with van der Waals surface area (Å²) >= 11 is 0. The van der Waals surface area contributed by atoms with Gasteiger partial charge in [-0.1, -0.05) is 19.1 Å². The molecule has 2 atom stereocenters. The second kappa shape index (κ2) is 7.87. The number of hydrogen-bond acceptors (Lipinski definition) is 3. The summed E-state index contributed by atoms with van der Waals surface area (Å²) in [7, 11) is 0. The predicted molar refractivity (Wildman–Crippen MR) is 84.0 cm³/mol. The third-order valence-electron chi connectivity index (χ3n) is 4.11. The molecule has 0 saturated carbocycles. The van der Waals surface area contributed by atoms with E-state index in [1.165, 1.54) is 6.07 Å². The number of nitrogens with one attached hydrogen (secondary N) is 1. The van der Waals surface area contributed by atoms with E-state index in [1.54, 1.807) is 12.1 Å². The molecule has 4 heteroatoms. The summed E-state index contributed by atoms with van der Waals surface area (Å²) in [6.07, 6.45) is 0.951. The monoisotopic (exact) mass is 294 g/mol. The van der Waals surface area contributed by atoms with Gasteiger partial charge in [0.2, 0.25) is 0 Å². The summed E-state index contributed by atoms with van der Waals surface area (Å²) in [5.41, 5.74) is 1.02. The SMILES string of the molecule is CCNC(Cc1cccc(F)c1)C1CN(C(C)C)CCO1. The van der Waals surface area contributed by atoms with Gasteiger partial charge in [-0.3, -0.25) is 4.90 Å². The van der Waals surface area contributed by atoms with Crippen molar-refractivity contribution in [2.24, 2.45) is 0 Å². The highest BCUT2D eigenvalue weighted by Crippen LogP contribution is 2.16. The molecule has 0 spiro atoms. The summed E-state index contributed by atoms with van der Waals surface area (Å²) in [4.78, 5) is 2.45. The number of halogens is 1. The zero-order chi connectivity index (χ0) is 15.2. The van der Waals surface area contributed by atoms with Gasteiger partial charge < -0.3 is 10.1 Å². The number of hydrogen-bond donors (Lipinski definition) is 1. The summed E-state index contributed by atoms with van der Waals surface area (Å²) in [5.74, 6) is -0.170. The van der Waals surface area contributed by atoms with Crippen molar-refractivity contribution < 1.29 is 9.13 Å². The van der Waals surface area contributed by atoms with Gasteiger partial charge in [-0.05, 0) is 44.5 Å². The van der Waals surface area contributed by atoms with Gasteiger partial charge in [0.05, 0.1) is 12.7 Å². The maximum Gasteiger partial charge on any atom is 0.123 e. The zero-order valence-corrected chi connectivity index (χ0v) is 13.3. The maximum atomic E-state index is 13.4. The number of ether oxygens (including phenoxy) is 1. The van der Waals surface area contributed by atoms with Crippen molar-refractivity contribution in [3.63, 3.8) is 0 Å². The molecule has 2 unspecified atom stereocenters. The fraction of sp³-hybridized carbons (Fsp3) is 0.647. The predicted octanol–water partition coefficient (Wildman–Crippen LogP) is 2.46. The molecule has 0 bridgehead atoms. The summed E-state index contributed by atoms with van der Waals surface area (Å²) in [6.45, 7) is 10.1. The van der Waals surface area contributed by atoms with Gasteiger partial charge in [-0.25, -0.2) is 4.39 Å². The first-order valence-corrected chi connectivity index (χ1v) is 7.93. The zero-order valence-electron chi connectivity index (χ0n) is 13.3. The van der Waals surface area contributed by atoms with Crippen molar-refractivity contribution >= 4 is 0 Å². The van der Waals surface area contributed by atoms with Crippen LogP contribution in [0.25, 0.3) is 0 Å². The van der Waals surface area contributed by atoms with E-state index in [9.17, 15) is 4.39 Å². The molecule has 3 nitrogen and oxygen atoms in total. The van der Waals surface area contributed by atoms with E-state index in [4.69, 9.17) is 4.74 Å². The molecule has 1 aromatic rings. The molecule has 118 valence electrons. The molecule has 0 radical (unpaired) electrons. The number of likely N-dealkylation sites (N-methyl/N-ethyl adjacent to an activating group) is 1. The third-order valence-corrected chi connectivity index (χ3v) is 4.11. The van der Waals surface area contributed by atoms with Crippen molar-refractivity contribution in [3.8, 4) is 0 Å². The van der Waals surface area contributed by atoms with E-state index in [-0.39, 0.29) is 18.0 Å². The normalized spacial score (nSPS) is 21.7. The standard InChI is InChI=1S/C17H27FN2O/c1-4-19-16(11-14-6-5-7-15(18)10-14)17-12-20(13(2)3)8-9-21-17/h5-7,10,13,16-17,19H,4,8-9,11-12H2,1-3H3. The van der Waals surface area contributed by atoms with Gasteiger partial charge in [-0.15, -0.1) is 0 Å². The molecule has 21 heavy (non-hydrogen) atoms. The van der Waals surface area contributed by atoms with Gasteiger partial charge in [0.1, 0.15) is 5.82 Å². The van der Waals surface area contributed by atoms with Crippen LogP contribution in [0.1, 0.15) is 26.3 Å². The summed E-state index contributed by atoms with van der Waals surface area (Å²) in [5, 5.41) is 3.51. The van der Waals surface area contributed by atoms with Gasteiger partial charge in [-0.2, -0.15) is 0 Å². The summed E-state index contributed by atoms with van der Waals surface area (Å²) in [6, 6.07) is 7.62. The second-order valence-electron chi connectivity index (χ2n) is 6.00. The summed E-state index contributed by atoms with van der Waals surface area (Å²) < 4.78 is 19.3. The Labute approximate surface area is 127 Å². The molecule has 0 aromatic heterocycles. The first-order chi connectivity index (χ1) is 10.1. The van der Waals surface area contributed by atoms with Crippen LogP contribution in [0.4, 0.5) is 4.39 Å². The van der Waals surface area contributed by atoms with Crippen LogP contribution < -0.4 is 5.32 Å². The van der Waals surface area contributed by atoms with Crippen LogP contribution in [-0.2, 0) is 11.2 Å². The Hall–Kier alpha value is -0.970. The van der Waals surface area contributed by atoms with E-state index >= 15 is 0 Å². The smallest absolute Gasteiger partial charge is 0.123 e. The minimum absolute atomic E-state index is 0.157. The molecule has 1 heterocycles. The van der Waals surface area contributed by atoms with E-state index in [2.05, 4.69) is 31.0 Å². The lowest BCUT2D eigenvalue weighted by atomic mass is 9.99. The van der Waals surface area contributed by atoms with Gasteiger partial charge in [0.25, 0.3) is 0 Å². The highest BCUT2D eigenvalue weighted by Gasteiger charge is 2.28. The largest absolute Gasteiger partial charge is 0.374 e. The first-order valence-electron chi connectivity index (χ1n) is 7.93. The average Bonchev–Trinajstić information content (AvgIpc) is 2.47. The molecule has 1 fully saturated rings. The van der Waals surface area contributed by atoms with Gasteiger partial charge in [0, 0.05) is 25.2 Å². The lowest BCUT2D eigenvalue weighted by molar-refractivity contribution is -0.0550. The Morgan fingerprint density at radius 1 is 1.43 bits per heavy atom. The van der Waals surface area contributed by atoms with Crippen LogP contribution >= 0.6 is 0 Å². The average molecular weight is 294 g/mol. The third kappa shape index (κ3) is 4.77.